The molecule has 146 valence electrons. The van der Waals surface area contributed by atoms with Crippen LogP contribution in [0.15, 0.2) is 47.5 Å². The molecule has 9 heteroatoms. The number of halogens is 1. The number of nitrogens with one attached hydrogen (secondary N) is 1. The van der Waals surface area contributed by atoms with Gasteiger partial charge in [0.1, 0.15) is 6.29 Å². The summed E-state index contributed by atoms with van der Waals surface area (Å²) in [6.45, 7) is 0.256. The summed E-state index contributed by atoms with van der Waals surface area (Å²) in [5, 5.41) is 14.0. The van der Waals surface area contributed by atoms with Gasteiger partial charge in [0.2, 0.25) is 10.0 Å². The van der Waals surface area contributed by atoms with Crippen molar-refractivity contribution >= 4 is 44.5 Å². The summed E-state index contributed by atoms with van der Waals surface area (Å²) in [6.07, 6.45) is 4.61. The zero-order valence-corrected chi connectivity index (χ0v) is 16.4. The van der Waals surface area contributed by atoms with Crippen molar-refractivity contribution in [1.82, 2.24) is 9.78 Å². The Morgan fingerprint density at radius 2 is 2.07 bits per heavy atom. The highest BCUT2D eigenvalue weighted by Gasteiger charge is 2.26. The van der Waals surface area contributed by atoms with Crippen molar-refractivity contribution in [2.75, 3.05) is 11.9 Å². The molecule has 1 aliphatic rings. The van der Waals surface area contributed by atoms with Crippen LogP contribution in [0, 0.1) is 0 Å². The monoisotopic (exact) mass is 418 g/mol. The second-order valence-electron chi connectivity index (χ2n) is 6.94. The van der Waals surface area contributed by atoms with Crippen LogP contribution in [-0.2, 0) is 14.8 Å². The lowest BCUT2D eigenvalue weighted by molar-refractivity contribution is -0.108. The Morgan fingerprint density at radius 1 is 1.32 bits per heavy atom. The SMILES string of the molecule is NS(=O)(=O)c1cc(NCC(C=O)c2ccccc2Cl)cc2nn(C3CC3)cc12. The standard InChI is InChI=1S/C19H19ClN4O3S/c20-17-4-2-1-3-15(17)12(11-25)9-22-13-7-18-16(19(8-13)28(21,26)27)10-24(23-18)14-5-6-14/h1-4,7-8,10-12,14,22H,5-6,9H2,(H2,21,26,27). The van der Waals surface area contributed by atoms with Crippen LogP contribution >= 0.6 is 11.6 Å². The van der Waals surface area contributed by atoms with E-state index in [2.05, 4.69) is 10.4 Å². The van der Waals surface area contributed by atoms with Crippen LogP contribution in [0.4, 0.5) is 5.69 Å². The number of hydrogen-bond donors (Lipinski definition) is 2. The van der Waals surface area contributed by atoms with Gasteiger partial charge in [0.05, 0.1) is 22.4 Å². The maximum atomic E-state index is 12.1. The summed E-state index contributed by atoms with van der Waals surface area (Å²) in [5.74, 6) is -0.480. The van der Waals surface area contributed by atoms with Gasteiger partial charge in [-0.3, -0.25) is 4.68 Å². The average Bonchev–Trinajstić information content (AvgIpc) is 3.41. The van der Waals surface area contributed by atoms with Crippen LogP contribution in [0.5, 0.6) is 0 Å². The van der Waals surface area contributed by atoms with Gasteiger partial charge in [-0.2, -0.15) is 5.10 Å². The number of nitrogens with zero attached hydrogens (tertiary/aromatic N) is 2. The molecule has 0 amide bonds. The first kappa shape index (κ1) is 18.9. The number of benzene rings is 2. The Labute approximate surface area is 167 Å². The minimum absolute atomic E-state index is 0.0137. The zero-order chi connectivity index (χ0) is 19.9. The van der Waals surface area contributed by atoms with Gasteiger partial charge in [-0.15, -0.1) is 0 Å². The molecule has 0 bridgehead atoms. The Morgan fingerprint density at radius 3 is 2.71 bits per heavy atom. The molecule has 2 aromatic carbocycles. The number of fused-ring (bicyclic) bond motifs is 1. The van der Waals surface area contributed by atoms with Crippen LogP contribution in [0.1, 0.15) is 30.4 Å². The summed E-state index contributed by atoms with van der Waals surface area (Å²) >= 11 is 6.19. The molecule has 28 heavy (non-hydrogen) atoms. The van der Waals surface area contributed by atoms with Crippen LogP contribution < -0.4 is 10.5 Å². The molecule has 0 radical (unpaired) electrons. The third-order valence-electron chi connectivity index (χ3n) is 4.83. The van der Waals surface area contributed by atoms with E-state index in [0.717, 1.165) is 19.1 Å². The summed E-state index contributed by atoms with van der Waals surface area (Å²) in [4.78, 5) is 11.6. The molecule has 0 aliphatic heterocycles. The molecule has 1 aliphatic carbocycles. The van der Waals surface area contributed by atoms with Gasteiger partial charge < -0.3 is 10.1 Å². The fourth-order valence-corrected chi connectivity index (χ4v) is 4.24. The van der Waals surface area contributed by atoms with E-state index in [1.54, 1.807) is 35.1 Å². The number of carbonyl (C=O) groups excluding carboxylic acids is 1. The number of anilines is 1. The van der Waals surface area contributed by atoms with Gasteiger partial charge in [-0.05, 0) is 36.6 Å². The van der Waals surface area contributed by atoms with E-state index >= 15 is 0 Å². The molecule has 4 rings (SSSR count). The largest absolute Gasteiger partial charge is 0.384 e. The fourth-order valence-electron chi connectivity index (χ4n) is 3.21. The molecular formula is C19H19ClN4O3S. The first-order valence-electron chi connectivity index (χ1n) is 8.86. The van der Waals surface area contributed by atoms with E-state index < -0.39 is 15.9 Å². The van der Waals surface area contributed by atoms with Crippen molar-refractivity contribution in [2.24, 2.45) is 5.14 Å². The topological polar surface area (TPSA) is 107 Å². The molecule has 3 aromatic rings. The van der Waals surface area contributed by atoms with Crippen molar-refractivity contribution < 1.29 is 13.2 Å². The lowest BCUT2D eigenvalue weighted by Crippen LogP contribution is -2.16. The normalized spacial score (nSPS) is 15.5. The Hall–Kier alpha value is -2.42. The van der Waals surface area contributed by atoms with Crippen LogP contribution in [-0.4, -0.2) is 31.0 Å². The molecule has 3 N–H and O–H groups in total. The number of carbonyl (C=O) groups is 1. The van der Waals surface area contributed by atoms with E-state index in [9.17, 15) is 13.2 Å². The summed E-state index contributed by atoms with van der Waals surface area (Å²) in [6, 6.07) is 10.7. The third kappa shape index (κ3) is 3.76. The van der Waals surface area contributed by atoms with Gasteiger partial charge >= 0.3 is 0 Å². The minimum atomic E-state index is -3.93. The maximum Gasteiger partial charge on any atom is 0.238 e. The van der Waals surface area contributed by atoms with Crippen molar-refractivity contribution in [3.05, 3.63) is 53.2 Å². The van der Waals surface area contributed by atoms with Crippen LogP contribution in [0.2, 0.25) is 5.02 Å². The molecule has 7 nitrogen and oxygen atoms in total. The molecule has 1 fully saturated rings. The number of aldehydes is 1. The number of hydrogen-bond acceptors (Lipinski definition) is 5. The van der Waals surface area contributed by atoms with Gasteiger partial charge in [-0.25, -0.2) is 13.6 Å². The molecule has 0 saturated heterocycles. The van der Waals surface area contributed by atoms with Crippen molar-refractivity contribution in [3.63, 3.8) is 0 Å². The Balaban J connectivity index is 1.66. The number of nitrogens with two attached hydrogens (primary N) is 1. The molecular weight excluding hydrogens is 400 g/mol. The van der Waals surface area contributed by atoms with Crippen molar-refractivity contribution in [3.8, 4) is 0 Å². The molecule has 1 atom stereocenters. The fraction of sp³-hybridized carbons (Fsp3) is 0.263. The van der Waals surface area contributed by atoms with E-state index in [1.165, 1.54) is 6.07 Å². The first-order valence-corrected chi connectivity index (χ1v) is 10.8. The van der Waals surface area contributed by atoms with Crippen molar-refractivity contribution in [2.45, 2.75) is 29.7 Å². The smallest absolute Gasteiger partial charge is 0.238 e. The number of primary sulfonamides is 1. The van der Waals surface area contributed by atoms with Gasteiger partial charge in [0.25, 0.3) is 0 Å². The average molecular weight is 419 g/mol. The molecule has 1 saturated carbocycles. The highest BCUT2D eigenvalue weighted by molar-refractivity contribution is 7.89. The summed E-state index contributed by atoms with van der Waals surface area (Å²) < 4.78 is 26.0. The molecule has 0 spiro atoms. The number of rotatable bonds is 7. The quantitative estimate of drug-likeness (QED) is 0.573. The van der Waals surface area contributed by atoms with E-state index in [4.69, 9.17) is 16.7 Å². The molecule has 1 unspecified atom stereocenters. The highest BCUT2D eigenvalue weighted by atomic mass is 35.5. The summed E-state index contributed by atoms with van der Waals surface area (Å²) in [7, 11) is -3.93. The van der Waals surface area contributed by atoms with Gasteiger partial charge in [0, 0.05) is 28.8 Å². The lowest BCUT2D eigenvalue weighted by atomic mass is 10.0. The first-order chi connectivity index (χ1) is 13.4. The van der Waals surface area contributed by atoms with Crippen LogP contribution in [0.3, 0.4) is 0 Å². The van der Waals surface area contributed by atoms with E-state index in [-0.39, 0.29) is 11.4 Å². The second kappa shape index (κ2) is 7.20. The Kier molecular flexibility index (Phi) is 4.86. The van der Waals surface area contributed by atoms with Gasteiger partial charge in [-0.1, -0.05) is 29.8 Å². The third-order valence-corrected chi connectivity index (χ3v) is 6.12. The molecule has 1 heterocycles. The van der Waals surface area contributed by atoms with Crippen LogP contribution in [0.25, 0.3) is 10.9 Å². The molecule has 1 aromatic heterocycles. The predicted molar refractivity (Wildman–Crippen MR) is 108 cm³/mol. The Bertz CT molecular complexity index is 1160. The number of sulfonamides is 1. The van der Waals surface area contributed by atoms with E-state index in [1.807, 2.05) is 6.07 Å². The highest BCUT2D eigenvalue weighted by Crippen LogP contribution is 2.36. The number of aromatic nitrogens is 2. The zero-order valence-electron chi connectivity index (χ0n) is 14.9. The van der Waals surface area contributed by atoms with E-state index in [0.29, 0.717) is 33.2 Å². The second-order valence-corrected chi connectivity index (χ2v) is 8.87. The minimum Gasteiger partial charge on any atom is -0.384 e. The van der Waals surface area contributed by atoms with Gasteiger partial charge in [0.15, 0.2) is 0 Å². The maximum absolute atomic E-state index is 12.1. The summed E-state index contributed by atoms with van der Waals surface area (Å²) in [5.41, 5.74) is 1.77. The predicted octanol–water partition coefficient (Wildman–Crippen LogP) is 3.07. The van der Waals surface area contributed by atoms with Crippen molar-refractivity contribution in [1.29, 1.82) is 0 Å². The lowest BCUT2D eigenvalue weighted by Gasteiger charge is -2.15.